The van der Waals surface area contributed by atoms with Gasteiger partial charge in [0.2, 0.25) is 10.0 Å². The van der Waals surface area contributed by atoms with Crippen LogP contribution in [0.5, 0.6) is 0 Å². The first kappa shape index (κ1) is 27.5. The standard InChI is InChI=1S/C36H28N2O2S/c1-2-29-37(41(39,40)35-21-13-6-14-22-35)36(28-23-30-15-7-3-8-16-30)31-24-26-34(27-25-31)38(32-17-9-4-10-18-32)33-19-11-5-12-20-33/h1,3-22,24-27,36H,29H2. The van der Waals surface area contributed by atoms with Gasteiger partial charge < -0.3 is 4.90 Å². The summed E-state index contributed by atoms with van der Waals surface area (Å²) >= 11 is 0. The highest BCUT2D eigenvalue weighted by Crippen LogP contribution is 2.35. The Balaban J connectivity index is 1.60. The molecule has 0 saturated carbocycles. The predicted octanol–water partition coefficient (Wildman–Crippen LogP) is 7.57. The number of anilines is 3. The number of hydrogen-bond acceptors (Lipinski definition) is 3. The Morgan fingerprint density at radius 3 is 1.59 bits per heavy atom. The zero-order valence-corrected chi connectivity index (χ0v) is 23.2. The van der Waals surface area contributed by atoms with Gasteiger partial charge in [0.05, 0.1) is 11.4 Å². The molecule has 0 spiro atoms. The van der Waals surface area contributed by atoms with Crippen LogP contribution in [0.2, 0.25) is 0 Å². The summed E-state index contributed by atoms with van der Waals surface area (Å²) in [5.41, 5.74) is 4.44. The van der Waals surface area contributed by atoms with Crippen molar-refractivity contribution < 1.29 is 8.42 Å². The lowest BCUT2D eigenvalue weighted by Gasteiger charge is -2.28. The van der Waals surface area contributed by atoms with E-state index in [1.807, 2.05) is 91.0 Å². The molecule has 1 unspecified atom stereocenters. The van der Waals surface area contributed by atoms with Gasteiger partial charge in [0, 0.05) is 22.6 Å². The molecule has 0 heterocycles. The molecule has 0 fully saturated rings. The van der Waals surface area contributed by atoms with Crippen molar-refractivity contribution >= 4 is 27.1 Å². The number of sulfonamides is 1. The van der Waals surface area contributed by atoms with Gasteiger partial charge in [-0.05, 0) is 66.2 Å². The first-order chi connectivity index (χ1) is 20.1. The first-order valence-electron chi connectivity index (χ1n) is 13.1. The topological polar surface area (TPSA) is 40.6 Å². The number of para-hydroxylation sites is 2. The Morgan fingerprint density at radius 1 is 0.610 bits per heavy atom. The maximum absolute atomic E-state index is 13.8. The molecule has 0 amide bonds. The molecule has 0 aliphatic carbocycles. The largest absolute Gasteiger partial charge is 0.311 e. The lowest BCUT2D eigenvalue weighted by Crippen LogP contribution is -2.35. The van der Waals surface area contributed by atoms with Crippen LogP contribution in [0, 0.1) is 24.2 Å². The number of nitrogens with zero attached hydrogens (tertiary/aromatic N) is 2. The van der Waals surface area contributed by atoms with Gasteiger partial charge in [0.15, 0.2) is 0 Å². The SMILES string of the molecule is C#CCN(C(C#Cc1ccccc1)c1ccc(N(c2ccccc2)c2ccccc2)cc1)S(=O)(=O)c1ccccc1. The number of hydrogen-bond donors (Lipinski definition) is 0. The van der Waals surface area contributed by atoms with Crippen molar-refractivity contribution in [3.8, 4) is 24.2 Å². The summed E-state index contributed by atoms with van der Waals surface area (Å²) in [6, 6.07) is 45.0. The molecule has 0 aromatic heterocycles. The molecule has 0 aliphatic heterocycles. The molecule has 0 bridgehead atoms. The van der Waals surface area contributed by atoms with Gasteiger partial charge >= 0.3 is 0 Å². The minimum atomic E-state index is -3.95. The van der Waals surface area contributed by atoms with E-state index in [2.05, 4.69) is 46.9 Å². The van der Waals surface area contributed by atoms with E-state index in [9.17, 15) is 8.42 Å². The van der Waals surface area contributed by atoms with Crippen LogP contribution < -0.4 is 4.90 Å². The fourth-order valence-electron chi connectivity index (χ4n) is 4.53. The molecule has 200 valence electrons. The van der Waals surface area contributed by atoms with Crippen molar-refractivity contribution in [2.75, 3.05) is 11.4 Å². The van der Waals surface area contributed by atoms with Crippen molar-refractivity contribution in [1.82, 2.24) is 4.31 Å². The normalized spacial score (nSPS) is 11.6. The van der Waals surface area contributed by atoms with E-state index in [1.54, 1.807) is 30.3 Å². The number of benzene rings is 5. The third kappa shape index (κ3) is 6.40. The average molecular weight is 553 g/mol. The minimum absolute atomic E-state index is 0.132. The molecule has 5 heteroatoms. The molecule has 5 aromatic rings. The van der Waals surface area contributed by atoms with Crippen molar-refractivity contribution in [1.29, 1.82) is 0 Å². The molecular formula is C36H28N2O2S. The second-order valence-corrected chi connectivity index (χ2v) is 11.1. The summed E-state index contributed by atoms with van der Waals surface area (Å²) in [7, 11) is -3.95. The summed E-state index contributed by atoms with van der Waals surface area (Å²) in [5, 5.41) is 0. The zero-order valence-electron chi connectivity index (χ0n) is 22.3. The summed E-state index contributed by atoms with van der Waals surface area (Å²) in [6.45, 7) is -0.132. The molecule has 5 rings (SSSR count). The van der Waals surface area contributed by atoms with E-state index in [1.165, 1.54) is 4.31 Å². The van der Waals surface area contributed by atoms with E-state index in [0.29, 0.717) is 5.56 Å². The van der Waals surface area contributed by atoms with Gasteiger partial charge in [0.25, 0.3) is 0 Å². The average Bonchev–Trinajstić information content (AvgIpc) is 3.03. The fraction of sp³-hybridized carbons (Fsp3) is 0.0556. The summed E-state index contributed by atoms with van der Waals surface area (Å²) in [5.74, 6) is 8.91. The van der Waals surface area contributed by atoms with E-state index < -0.39 is 16.1 Å². The summed E-state index contributed by atoms with van der Waals surface area (Å²) in [6.07, 6.45) is 5.71. The van der Waals surface area contributed by atoms with Crippen LogP contribution in [0.25, 0.3) is 0 Å². The van der Waals surface area contributed by atoms with E-state index in [4.69, 9.17) is 6.42 Å². The second-order valence-electron chi connectivity index (χ2n) is 9.20. The van der Waals surface area contributed by atoms with Crippen molar-refractivity contribution in [3.05, 3.63) is 157 Å². The third-order valence-corrected chi connectivity index (χ3v) is 8.33. The zero-order chi connectivity index (χ0) is 28.5. The molecule has 4 nitrogen and oxygen atoms in total. The van der Waals surface area contributed by atoms with Gasteiger partial charge in [-0.2, -0.15) is 4.31 Å². The molecule has 0 radical (unpaired) electrons. The Labute approximate surface area is 242 Å². The lowest BCUT2D eigenvalue weighted by atomic mass is 10.0. The second kappa shape index (κ2) is 12.9. The van der Waals surface area contributed by atoms with Gasteiger partial charge in [-0.25, -0.2) is 8.42 Å². The lowest BCUT2D eigenvalue weighted by molar-refractivity contribution is 0.410. The Hall–Kier alpha value is -5.07. The monoisotopic (exact) mass is 552 g/mol. The van der Waals surface area contributed by atoms with Crippen molar-refractivity contribution in [3.63, 3.8) is 0 Å². The van der Waals surface area contributed by atoms with Crippen LogP contribution in [0.15, 0.2) is 150 Å². The Kier molecular flexibility index (Phi) is 8.62. The Morgan fingerprint density at radius 2 is 1.07 bits per heavy atom. The fourth-order valence-corrected chi connectivity index (χ4v) is 6.00. The highest BCUT2D eigenvalue weighted by atomic mass is 32.2. The summed E-state index contributed by atoms with van der Waals surface area (Å²) < 4.78 is 29.0. The highest BCUT2D eigenvalue weighted by Gasteiger charge is 2.31. The smallest absolute Gasteiger partial charge is 0.245 e. The number of rotatable bonds is 8. The molecular weight excluding hydrogens is 524 g/mol. The predicted molar refractivity (Wildman–Crippen MR) is 166 cm³/mol. The molecule has 5 aromatic carbocycles. The van der Waals surface area contributed by atoms with Crippen LogP contribution in [0.1, 0.15) is 17.2 Å². The molecule has 0 aliphatic rings. The van der Waals surface area contributed by atoms with Gasteiger partial charge in [-0.15, -0.1) is 6.42 Å². The van der Waals surface area contributed by atoms with E-state index >= 15 is 0 Å². The Bertz CT molecular complexity index is 1730. The van der Waals surface area contributed by atoms with Gasteiger partial charge in [-0.3, -0.25) is 0 Å². The van der Waals surface area contributed by atoms with Crippen LogP contribution in [-0.2, 0) is 10.0 Å². The van der Waals surface area contributed by atoms with Crippen LogP contribution in [0.3, 0.4) is 0 Å². The van der Waals surface area contributed by atoms with E-state index in [0.717, 1.165) is 22.6 Å². The first-order valence-corrected chi connectivity index (χ1v) is 14.6. The third-order valence-electron chi connectivity index (χ3n) is 6.51. The maximum atomic E-state index is 13.8. The van der Waals surface area contributed by atoms with Crippen LogP contribution >= 0.6 is 0 Å². The van der Waals surface area contributed by atoms with Gasteiger partial charge in [-0.1, -0.05) is 103 Å². The van der Waals surface area contributed by atoms with Crippen molar-refractivity contribution in [2.24, 2.45) is 0 Å². The number of terminal acetylenes is 1. The van der Waals surface area contributed by atoms with Crippen molar-refractivity contribution in [2.45, 2.75) is 10.9 Å². The van der Waals surface area contributed by atoms with Crippen LogP contribution in [0.4, 0.5) is 17.1 Å². The molecule has 1 atom stereocenters. The minimum Gasteiger partial charge on any atom is -0.311 e. The molecule has 0 saturated heterocycles. The maximum Gasteiger partial charge on any atom is 0.245 e. The molecule has 0 N–H and O–H groups in total. The quantitative estimate of drug-likeness (QED) is 0.186. The summed E-state index contributed by atoms with van der Waals surface area (Å²) in [4.78, 5) is 2.31. The molecule has 41 heavy (non-hydrogen) atoms. The van der Waals surface area contributed by atoms with Crippen LogP contribution in [-0.4, -0.2) is 19.3 Å². The van der Waals surface area contributed by atoms with Gasteiger partial charge in [0.1, 0.15) is 6.04 Å². The van der Waals surface area contributed by atoms with E-state index in [-0.39, 0.29) is 11.4 Å². The highest BCUT2D eigenvalue weighted by molar-refractivity contribution is 7.89.